The Morgan fingerprint density at radius 2 is 2.11 bits per heavy atom. The molecule has 0 amide bonds. The van der Waals surface area contributed by atoms with E-state index in [9.17, 15) is 5.11 Å². The largest absolute Gasteiger partial charge is 0.491 e. The van der Waals surface area contributed by atoms with Crippen molar-refractivity contribution in [2.45, 2.75) is 31.4 Å². The van der Waals surface area contributed by atoms with Crippen molar-refractivity contribution in [3.8, 4) is 5.75 Å². The Hall–Kier alpha value is -0.840. The van der Waals surface area contributed by atoms with E-state index in [1.807, 2.05) is 24.3 Å². The zero-order valence-electron chi connectivity index (χ0n) is 10.9. The Balaban J connectivity index is 1.65. The maximum absolute atomic E-state index is 9.88. The quantitative estimate of drug-likeness (QED) is 0.790. The molecule has 2 atom stereocenters. The summed E-state index contributed by atoms with van der Waals surface area (Å²) in [6.45, 7) is 0.895. The molecule has 4 heteroatoms. The number of aliphatic hydroxyl groups is 1. The van der Waals surface area contributed by atoms with Gasteiger partial charge in [0.15, 0.2) is 0 Å². The van der Waals surface area contributed by atoms with E-state index in [0.717, 1.165) is 29.5 Å². The van der Waals surface area contributed by atoms with Gasteiger partial charge in [0.2, 0.25) is 0 Å². The Bertz CT molecular complexity index is 405. The van der Waals surface area contributed by atoms with Gasteiger partial charge in [-0.05, 0) is 43.5 Å². The van der Waals surface area contributed by atoms with Gasteiger partial charge in [-0.3, -0.25) is 0 Å². The molecule has 0 fully saturated rings. The van der Waals surface area contributed by atoms with E-state index in [1.54, 1.807) is 0 Å². The molecule has 1 aromatic carbocycles. The predicted molar refractivity (Wildman–Crippen MR) is 80.4 cm³/mol. The number of ether oxygens (including phenoxy) is 1. The van der Waals surface area contributed by atoms with Crippen LogP contribution in [-0.4, -0.2) is 30.4 Å². The first-order chi connectivity index (χ1) is 9.24. The summed E-state index contributed by atoms with van der Waals surface area (Å²) in [6, 6.07) is 8.11. The minimum atomic E-state index is -0.477. The SMILES string of the molecule is OC(CNC1CC=CCC1)COc1ccc(Br)cc1. The standard InChI is InChI=1S/C15H20BrNO2/c16-12-6-8-15(9-7-12)19-11-14(18)10-17-13-4-2-1-3-5-13/h1-2,6-9,13-14,17-18H,3-5,10-11H2. The number of allylic oxidation sites excluding steroid dienone is 1. The number of halogens is 1. The Morgan fingerprint density at radius 3 is 2.79 bits per heavy atom. The molecule has 2 N–H and O–H groups in total. The highest BCUT2D eigenvalue weighted by Gasteiger charge is 2.12. The number of hydrogen-bond acceptors (Lipinski definition) is 3. The van der Waals surface area contributed by atoms with E-state index in [-0.39, 0.29) is 0 Å². The van der Waals surface area contributed by atoms with Crippen LogP contribution in [0.5, 0.6) is 5.75 Å². The fourth-order valence-corrected chi connectivity index (χ4v) is 2.33. The van der Waals surface area contributed by atoms with Gasteiger partial charge in [-0.2, -0.15) is 0 Å². The van der Waals surface area contributed by atoms with Crippen molar-refractivity contribution in [2.75, 3.05) is 13.2 Å². The second kappa shape index (κ2) is 7.68. The normalized spacial score (nSPS) is 20.2. The molecule has 104 valence electrons. The summed E-state index contributed by atoms with van der Waals surface area (Å²) in [4.78, 5) is 0. The number of aliphatic hydroxyl groups excluding tert-OH is 1. The third kappa shape index (κ3) is 5.35. The molecule has 0 saturated heterocycles. The van der Waals surface area contributed by atoms with Crippen LogP contribution in [-0.2, 0) is 0 Å². The van der Waals surface area contributed by atoms with Crippen LogP contribution in [0.3, 0.4) is 0 Å². The van der Waals surface area contributed by atoms with Crippen molar-refractivity contribution >= 4 is 15.9 Å². The minimum absolute atomic E-state index is 0.317. The van der Waals surface area contributed by atoms with Gasteiger partial charge in [-0.15, -0.1) is 0 Å². The topological polar surface area (TPSA) is 41.5 Å². The van der Waals surface area contributed by atoms with E-state index < -0.39 is 6.10 Å². The lowest BCUT2D eigenvalue weighted by Gasteiger charge is -2.21. The molecular formula is C15H20BrNO2. The zero-order chi connectivity index (χ0) is 13.5. The van der Waals surface area contributed by atoms with Crippen molar-refractivity contribution in [1.82, 2.24) is 5.32 Å². The summed E-state index contributed by atoms with van der Waals surface area (Å²) in [6.07, 6.45) is 7.27. The Morgan fingerprint density at radius 1 is 1.32 bits per heavy atom. The summed E-state index contributed by atoms with van der Waals surface area (Å²) in [5, 5.41) is 13.3. The minimum Gasteiger partial charge on any atom is -0.491 e. The number of benzene rings is 1. The van der Waals surface area contributed by atoms with Gasteiger partial charge in [0, 0.05) is 17.1 Å². The lowest BCUT2D eigenvalue weighted by molar-refractivity contribution is 0.103. The molecular weight excluding hydrogens is 306 g/mol. The van der Waals surface area contributed by atoms with E-state index in [1.165, 1.54) is 0 Å². The highest BCUT2D eigenvalue weighted by molar-refractivity contribution is 9.10. The van der Waals surface area contributed by atoms with Crippen molar-refractivity contribution in [3.05, 3.63) is 40.9 Å². The fraction of sp³-hybridized carbons (Fsp3) is 0.467. The molecule has 2 unspecified atom stereocenters. The van der Waals surface area contributed by atoms with Crippen LogP contribution < -0.4 is 10.1 Å². The van der Waals surface area contributed by atoms with Gasteiger partial charge in [-0.1, -0.05) is 28.1 Å². The Labute approximate surface area is 122 Å². The van der Waals surface area contributed by atoms with Gasteiger partial charge >= 0.3 is 0 Å². The molecule has 0 radical (unpaired) electrons. The molecule has 0 bridgehead atoms. The van der Waals surface area contributed by atoms with Crippen LogP contribution >= 0.6 is 15.9 Å². The lowest BCUT2D eigenvalue weighted by Crippen LogP contribution is -2.38. The number of hydrogen-bond donors (Lipinski definition) is 2. The molecule has 0 aliphatic heterocycles. The van der Waals surface area contributed by atoms with Crippen LogP contribution in [0.15, 0.2) is 40.9 Å². The van der Waals surface area contributed by atoms with Gasteiger partial charge in [0.25, 0.3) is 0 Å². The molecule has 0 aromatic heterocycles. The molecule has 1 aromatic rings. The first kappa shape index (κ1) is 14.6. The monoisotopic (exact) mass is 325 g/mol. The van der Waals surface area contributed by atoms with Crippen LogP contribution in [0.2, 0.25) is 0 Å². The smallest absolute Gasteiger partial charge is 0.119 e. The van der Waals surface area contributed by atoms with Crippen molar-refractivity contribution in [3.63, 3.8) is 0 Å². The van der Waals surface area contributed by atoms with Crippen LogP contribution in [0, 0.1) is 0 Å². The van der Waals surface area contributed by atoms with Crippen LogP contribution in [0.4, 0.5) is 0 Å². The summed E-state index contributed by atoms with van der Waals surface area (Å²) in [5.74, 6) is 0.780. The first-order valence-corrected chi connectivity index (χ1v) is 7.48. The van der Waals surface area contributed by atoms with E-state index >= 15 is 0 Å². The number of rotatable bonds is 6. The third-order valence-corrected chi connectivity index (χ3v) is 3.70. The fourth-order valence-electron chi connectivity index (χ4n) is 2.06. The number of nitrogens with one attached hydrogen (secondary N) is 1. The molecule has 0 spiro atoms. The molecule has 1 aliphatic rings. The third-order valence-electron chi connectivity index (χ3n) is 3.17. The van der Waals surface area contributed by atoms with E-state index in [0.29, 0.717) is 19.2 Å². The summed E-state index contributed by atoms with van der Waals surface area (Å²) >= 11 is 3.37. The zero-order valence-corrected chi connectivity index (χ0v) is 12.5. The highest BCUT2D eigenvalue weighted by atomic mass is 79.9. The molecule has 3 nitrogen and oxygen atoms in total. The molecule has 0 heterocycles. The molecule has 1 aliphatic carbocycles. The van der Waals surface area contributed by atoms with Gasteiger partial charge < -0.3 is 15.2 Å². The van der Waals surface area contributed by atoms with Crippen LogP contribution in [0.1, 0.15) is 19.3 Å². The Kier molecular flexibility index (Phi) is 5.89. The van der Waals surface area contributed by atoms with Gasteiger partial charge in [0.1, 0.15) is 18.5 Å². The maximum atomic E-state index is 9.88. The molecule has 0 saturated carbocycles. The maximum Gasteiger partial charge on any atom is 0.119 e. The lowest BCUT2D eigenvalue weighted by atomic mass is 10.0. The van der Waals surface area contributed by atoms with Gasteiger partial charge in [-0.25, -0.2) is 0 Å². The molecule has 2 rings (SSSR count). The molecule has 19 heavy (non-hydrogen) atoms. The summed E-state index contributed by atoms with van der Waals surface area (Å²) in [5.41, 5.74) is 0. The van der Waals surface area contributed by atoms with Crippen molar-refractivity contribution < 1.29 is 9.84 Å². The highest BCUT2D eigenvalue weighted by Crippen LogP contribution is 2.16. The first-order valence-electron chi connectivity index (χ1n) is 6.69. The predicted octanol–water partition coefficient (Wildman–Crippen LogP) is 2.89. The van der Waals surface area contributed by atoms with Crippen molar-refractivity contribution in [2.24, 2.45) is 0 Å². The second-order valence-corrected chi connectivity index (χ2v) is 5.72. The summed E-state index contributed by atoms with van der Waals surface area (Å²) < 4.78 is 6.56. The summed E-state index contributed by atoms with van der Waals surface area (Å²) in [7, 11) is 0. The van der Waals surface area contributed by atoms with E-state index in [2.05, 4.69) is 33.4 Å². The van der Waals surface area contributed by atoms with Crippen molar-refractivity contribution in [1.29, 1.82) is 0 Å². The van der Waals surface area contributed by atoms with E-state index in [4.69, 9.17) is 4.74 Å². The average molecular weight is 326 g/mol. The van der Waals surface area contributed by atoms with Gasteiger partial charge in [0.05, 0.1) is 0 Å². The second-order valence-electron chi connectivity index (χ2n) is 4.81. The van der Waals surface area contributed by atoms with Crippen LogP contribution in [0.25, 0.3) is 0 Å². The average Bonchev–Trinajstić information content (AvgIpc) is 2.45.